The Labute approximate surface area is 146 Å². The predicted molar refractivity (Wildman–Crippen MR) is 93.1 cm³/mol. The lowest BCUT2D eigenvalue weighted by atomic mass is 10.1. The average molecular weight is 340 g/mol. The molecule has 6 heteroatoms. The van der Waals surface area contributed by atoms with Crippen molar-refractivity contribution in [2.24, 2.45) is 0 Å². The second kappa shape index (κ2) is 7.34. The third-order valence-electron chi connectivity index (χ3n) is 4.39. The molecule has 1 heterocycles. The molecule has 2 amide bonds. The Morgan fingerprint density at radius 2 is 1.56 bits per heavy atom. The zero-order valence-corrected chi connectivity index (χ0v) is 14.1. The average Bonchev–Trinajstić information content (AvgIpc) is 2.65. The highest BCUT2D eigenvalue weighted by Gasteiger charge is 2.23. The summed E-state index contributed by atoms with van der Waals surface area (Å²) in [5.41, 5.74) is 0.424. The van der Waals surface area contributed by atoms with Gasteiger partial charge in [0.15, 0.2) is 6.61 Å². The molecule has 0 saturated carbocycles. The van der Waals surface area contributed by atoms with Crippen LogP contribution in [-0.2, 0) is 14.3 Å². The van der Waals surface area contributed by atoms with E-state index < -0.39 is 5.97 Å². The molecule has 2 aromatic carbocycles. The van der Waals surface area contributed by atoms with Crippen molar-refractivity contribution >= 4 is 28.6 Å². The van der Waals surface area contributed by atoms with E-state index in [0.717, 1.165) is 10.8 Å². The van der Waals surface area contributed by atoms with E-state index >= 15 is 0 Å². The molecule has 1 saturated heterocycles. The van der Waals surface area contributed by atoms with Crippen molar-refractivity contribution < 1.29 is 19.1 Å². The number of piperazine rings is 1. The van der Waals surface area contributed by atoms with Crippen LogP contribution >= 0.6 is 0 Å². The highest BCUT2D eigenvalue weighted by atomic mass is 16.5. The molecule has 0 atom stereocenters. The van der Waals surface area contributed by atoms with Crippen LogP contribution in [0.15, 0.2) is 42.5 Å². The van der Waals surface area contributed by atoms with Gasteiger partial charge in [-0.2, -0.15) is 0 Å². The molecule has 3 rings (SSSR count). The molecule has 0 unspecified atom stereocenters. The number of carbonyl (C=O) groups is 3. The summed E-state index contributed by atoms with van der Waals surface area (Å²) in [4.78, 5) is 39.0. The van der Waals surface area contributed by atoms with Gasteiger partial charge in [0.2, 0.25) is 5.91 Å². The number of esters is 1. The van der Waals surface area contributed by atoms with E-state index in [-0.39, 0.29) is 18.4 Å². The Kier molecular flexibility index (Phi) is 4.97. The molecule has 130 valence electrons. The Balaban J connectivity index is 1.54. The van der Waals surface area contributed by atoms with Crippen LogP contribution in [0.3, 0.4) is 0 Å². The molecule has 1 aliphatic heterocycles. The van der Waals surface area contributed by atoms with Gasteiger partial charge in [0.25, 0.3) is 5.91 Å². The maximum atomic E-state index is 12.2. The summed E-state index contributed by atoms with van der Waals surface area (Å²) in [6.45, 7) is 3.19. The zero-order chi connectivity index (χ0) is 17.8. The van der Waals surface area contributed by atoms with Crippen LogP contribution in [0.5, 0.6) is 0 Å². The largest absolute Gasteiger partial charge is 0.452 e. The van der Waals surface area contributed by atoms with E-state index in [9.17, 15) is 14.4 Å². The first kappa shape index (κ1) is 17.0. The van der Waals surface area contributed by atoms with Crippen molar-refractivity contribution in [1.82, 2.24) is 9.80 Å². The highest BCUT2D eigenvalue weighted by Crippen LogP contribution is 2.16. The predicted octanol–water partition coefficient (Wildman–Crippen LogP) is 1.69. The van der Waals surface area contributed by atoms with Crippen LogP contribution in [-0.4, -0.2) is 60.4 Å². The van der Waals surface area contributed by atoms with Gasteiger partial charge in [-0.15, -0.1) is 0 Å². The van der Waals surface area contributed by atoms with Crippen molar-refractivity contribution in [3.05, 3.63) is 48.0 Å². The fourth-order valence-corrected chi connectivity index (χ4v) is 2.89. The van der Waals surface area contributed by atoms with Gasteiger partial charge in [0.05, 0.1) is 5.56 Å². The fraction of sp³-hybridized carbons (Fsp3) is 0.316. The number of rotatable bonds is 3. The van der Waals surface area contributed by atoms with Crippen LogP contribution in [0.4, 0.5) is 0 Å². The highest BCUT2D eigenvalue weighted by molar-refractivity contribution is 5.96. The molecular formula is C19H20N2O4. The van der Waals surface area contributed by atoms with E-state index in [2.05, 4.69) is 0 Å². The normalized spacial score (nSPS) is 14.4. The number of carbonyl (C=O) groups excluding carboxylic acids is 3. The van der Waals surface area contributed by atoms with Crippen LogP contribution < -0.4 is 0 Å². The molecular weight excluding hydrogens is 320 g/mol. The van der Waals surface area contributed by atoms with Crippen molar-refractivity contribution in [2.75, 3.05) is 32.8 Å². The molecule has 0 radical (unpaired) electrons. The molecule has 2 aromatic rings. The van der Waals surface area contributed by atoms with E-state index in [0.29, 0.717) is 31.7 Å². The maximum absolute atomic E-state index is 12.2. The van der Waals surface area contributed by atoms with Crippen LogP contribution in [0.2, 0.25) is 0 Å². The standard InChI is InChI=1S/C19H20N2O4/c1-14(22)20-8-10-21(11-9-20)18(23)13-25-19(24)17-7-6-15-4-2-3-5-16(15)12-17/h2-7,12H,8-11,13H2,1H3. The SMILES string of the molecule is CC(=O)N1CCN(C(=O)COC(=O)c2ccc3ccccc3c2)CC1. The lowest BCUT2D eigenvalue weighted by molar-refractivity contribution is -0.140. The minimum Gasteiger partial charge on any atom is -0.452 e. The van der Waals surface area contributed by atoms with Gasteiger partial charge in [0, 0.05) is 33.1 Å². The molecule has 1 fully saturated rings. The van der Waals surface area contributed by atoms with Crippen LogP contribution in [0, 0.1) is 0 Å². The Hall–Kier alpha value is -2.89. The summed E-state index contributed by atoms with van der Waals surface area (Å²) >= 11 is 0. The van der Waals surface area contributed by atoms with Crippen molar-refractivity contribution in [3.8, 4) is 0 Å². The van der Waals surface area contributed by atoms with E-state index in [1.54, 1.807) is 21.9 Å². The Morgan fingerprint density at radius 3 is 2.24 bits per heavy atom. The van der Waals surface area contributed by atoms with Gasteiger partial charge in [-0.05, 0) is 22.9 Å². The fourth-order valence-electron chi connectivity index (χ4n) is 2.89. The number of fused-ring (bicyclic) bond motifs is 1. The summed E-state index contributed by atoms with van der Waals surface area (Å²) in [7, 11) is 0. The van der Waals surface area contributed by atoms with Crippen molar-refractivity contribution in [2.45, 2.75) is 6.92 Å². The summed E-state index contributed by atoms with van der Waals surface area (Å²) < 4.78 is 5.16. The maximum Gasteiger partial charge on any atom is 0.338 e. The minimum atomic E-state index is -0.513. The van der Waals surface area contributed by atoms with E-state index in [4.69, 9.17) is 4.74 Å². The van der Waals surface area contributed by atoms with Gasteiger partial charge in [0.1, 0.15) is 0 Å². The minimum absolute atomic E-state index is 0.00910. The van der Waals surface area contributed by atoms with Gasteiger partial charge in [-0.25, -0.2) is 4.79 Å². The van der Waals surface area contributed by atoms with Crippen molar-refractivity contribution in [3.63, 3.8) is 0 Å². The second-order valence-electron chi connectivity index (χ2n) is 6.02. The number of hydrogen-bond acceptors (Lipinski definition) is 4. The third-order valence-corrected chi connectivity index (χ3v) is 4.39. The number of hydrogen-bond donors (Lipinski definition) is 0. The molecule has 0 spiro atoms. The Bertz CT molecular complexity index is 810. The summed E-state index contributed by atoms with van der Waals surface area (Å²) in [6.07, 6.45) is 0. The van der Waals surface area contributed by atoms with Crippen LogP contribution in [0.1, 0.15) is 17.3 Å². The first-order chi connectivity index (χ1) is 12.0. The van der Waals surface area contributed by atoms with Crippen molar-refractivity contribution in [1.29, 1.82) is 0 Å². The molecule has 0 bridgehead atoms. The number of nitrogens with zero attached hydrogens (tertiary/aromatic N) is 2. The monoisotopic (exact) mass is 340 g/mol. The lowest BCUT2D eigenvalue weighted by Crippen LogP contribution is -2.51. The molecule has 6 nitrogen and oxygen atoms in total. The second-order valence-corrected chi connectivity index (χ2v) is 6.02. The van der Waals surface area contributed by atoms with E-state index in [1.807, 2.05) is 30.3 Å². The third kappa shape index (κ3) is 3.96. The molecule has 1 aliphatic rings. The Morgan fingerprint density at radius 1 is 0.920 bits per heavy atom. The number of benzene rings is 2. The first-order valence-electron chi connectivity index (χ1n) is 8.24. The summed E-state index contributed by atoms with van der Waals surface area (Å²) in [5, 5.41) is 1.99. The van der Waals surface area contributed by atoms with Gasteiger partial charge < -0.3 is 14.5 Å². The molecule has 0 aromatic heterocycles. The number of amides is 2. The van der Waals surface area contributed by atoms with Gasteiger partial charge in [-0.1, -0.05) is 30.3 Å². The van der Waals surface area contributed by atoms with Crippen LogP contribution in [0.25, 0.3) is 10.8 Å². The lowest BCUT2D eigenvalue weighted by Gasteiger charge is -2.34. The van der Waals surface area contributed by atoms with Gasteiger partial charge in [-0.3, -0.25) is 9.59 Å². The zero-order valence-electron chi connectivity index (χ0n) is 14.1. The first-order valence-corrected chi connectivity index (χ1v) is 8.24. The molecule has 0 N–H and O–H groups in total. The topological polar surface area (TPSA) is 66.9 Å². The smallest absolute Gasteiger partial charge is 0.338 e. The molecule has 25 heavy (non-hydrogen) atoms. The summed E-state index contributed by atoms with van der Waals surface area (Å²) in [5.74, 6) is -0.742. The number of ether oxygens (including phenoxy) is 1. The summed E-state index contributed by atoms with van der Waals surface area (Å²) in [6, 6.07) is 13.0. The quantitative estimate of drug-likeness (QED) is 0.798. The van der Waals surface area contributed by atoms with Gasteiger partial charge >= 0.3 is 5.97 Å². The van der Waals surface area contributed by atoms with E-state index in [1.165, 1.54) is 6.92 Å². The molecule has 0 aliphatic carbocycles.